The lowest BCUT2D eigenvalue weighted by molar-refractivity contribution is -0.129. The second-order valence-corrected chi connectivity index (χ2v) is 9.62. The minimum Gasteiger partial charge on any atom is -0.486 e. The van der Waals surface area contributed by atoms with E-state index in [9.17, 15) is 9.59 Å². The van der Waals surface area contributed by atoms with Gasteiger partial charge in [-0.25, -0.2) is 4.98 Å². The molecule has 1 amide bonds. The number of rotatable bonds is 5. The lowest BCUT2D eigenvalue weighted by atomic mass is 9.99. The van der Waals surface area contributed by atoms with Crippen molar-refractivity contribution in [1.29, 1.82) is 0 Å². The van der Waals surface area contributed by atoms with E-state index in [4.69, 9.17) is 14.5 Å². The number of benzene rings is 2. The highest BCUT2D eigenvalue weighted by Gasteiger charge is 2.25. The fourth-order valence-corrected chi connectivity index (χ4v) is 5.16. The van der Waals surface area contributed by atoms with Gasteiger partial charge in [-0.1, -0.05) is 43.0 Å². The van der Waals surface area contributed by atoms with Gasteiger partial charge in [0.15, 0.2) is 22.8 Å². The van der Waals surface area contributed by atoms with Gasteiger partial charge < -0.3 is 14.4 Å². The standard InChI is InChI=1S/C25H27N3O4S/c1-17-10-12-27(13-11-17)23(29)16-33-25-26-20-7-3-2-6-19(20)24(30)28(25)14-18-15-31-21-8-4-5-9-22(21)32-18/h2-9,17-18H,10-16H2,1H3. The number of carbonyl (C=O) groups is 1. The first-order valence-electron chi connectivity index (χ1n) is 11.4. The van der Waals surface area contributed by atoms with Crippen molar-refractivity contribution in [1.82, 2.24) is 14.5 Å². The van der Waals surface area contributed by atoms with Crippen LogP contribution in [0, 0.1) is 5.92 Å². The number of nitrogens with zero attached hydrogens (tertiary/aromatic N) is 3. The van der Waals surface area contributed by atoms with Crippen molar-refractivity contribution in [3.05, 3.63) is 58.9 Å². The summed E-state index contributed by atoms with van der Waals surface area (Å²) in [7, 11) is 0. The predicted molar refractivity (Wildman–Crippen MR) is 128 cm³/mol. The molecular formula is C25H27N3O4S. The molecule has 5 rings (SSSR count). The molecule has 0 radical (unpaired) electrons. The molecule has 1 atom stereocenters. The van der Waals surface area contributed by atoms with E-state index in [0.29, 0.717) is 46.6 Å². The number of hydrogen-bond acceptors (Lipinski definition) is 6. The number of fused-ring (bicyclic) bond motifs is 2. The molecule has 3 heterocycles. The van der Waals surface area contributed by atoms with Crippen molar-refractivity contribution in [3.63, 3.8) is 0 Å². The minimum atomic E-state index is -0.334. The Labute approximate surface area is 196 Å². The molecule has 33 heavy (non-hydrogen) atoms. The summed E-state index contributed by atoms with van der Waals surface area (Å²) in [6, 6.07) is 14.8. The molecule has 8 heteroatoms. The molecule has 3 aromatic rings. The molecule has 1 saturated heterocycles. The third-order valence-corrected chi connectivity index (χ3v) is 7.20. The third-order valence-electron chi connectivity index (χ3n) is 6.24. The van der Waals surface area contributed by atoms with Crippen LogP contribution in [0.15, 0.2) is 58.5 Å². The highest BCUT2D eigenvalue weighted by Crippen LogP contribution is 2.31. The number of hydrogen-bond donors (Lipinski definition) is 0. The van der Waals surface area contributed by atoms with Crippen molar-refractivity contribution in [2.75, 3.05) is 25.4 Å². The summed E-state index contributed by atoms with van der Waals surface area (Å²) in [4.78, 5) is 32.8. The molecule has 0 saturated carbocycles. The van der Waals surface area contributed by atoms with Gasteiger partial charge >= 0.3 is 0 Å². The van der Waals surface area contributed by atoms with Gasteiger partial charge in [-0.3, -0.25) is 14.2 Å². The first-order chi connectivity index (χ1) is 16.1. The number of piperidine rings is 1. The van der Waals surface area contributed by atoms with E-state index in [0.717, 1.165) is 25.9 Å². The summed E-state index contributed by atoms with van der Waals surface area (Å²) in [6.45, 7) is 4.45. The quantitative estimate of drug-likeness (QED) is 0.424. The van der Waals surface area contributed by atoms with Gasteiger partial charge in [0.25, 0.3) is 5.56 Å². The predicted octanol–water partition coefficient (Wildman–Crippen LogP) is 3.59. The van der Waals surface area contributed by atoms with Gasteiger partial charge in [-0.15, -0.1) is 0 Å². The van der Waals surface area contributed by atoms with Gasteiger partial charge in [-0.2, -0.15) is 0 Å². The molecule has 0 bridgehead atoms. The van der Waals surface area contributed by atoms with Crippen molar-refractivity contribution in [2.24, 2.45) is 5.92 Å². The van der Waals surface area contributed by atoms with E-state index in [1.807, 2.05) is 47.4 Å². The van der Waals surface area contributed by atoms with Gasteiger partial charge in [0.1, 0.15) is 6.61 Å². The number of aromatic nitrogens is 2. The van der Waals surface area contributed by atoms with E-state index >= 15 is 0 Å². The van der Waals surface area contributed by atoms with Crippen LogP contribution in [0.25, 0.3) is 10.9 Å². The Morgan fingerprint density at radius 3 is 2.64 bits per heavy atom. The summed E-state index contributed by atoms with van der Waals surface area (Å²) < 4.78 is 13.6. The van der Waals surface area contributed by atoms with Crippen LogP contribution in [0.2, 0.25) is 0 Å². The van der Waals surface area contributed by atoms with Gasteiger partial charge in [0.2, 0.25) is 5.91 Å². The largest absolute Gasteiger partial charge is 0.486 e. The number of amides is 1. The van der Waals surface area contributed by atoms with Crippen molar-refractivity contribution >= 4 is 28.6 Å². The fourth-order valence-electron chi connectivity index (χ4n) is 4.25. The molecule has 2 aromatic carbocycles. The van der Waals surface area contributed by atoms with Crippen molar-refractivity contribution in [3.8, 4) is 11.5 Å². The second kappa shape index (κ2) is 9.47. The maximum Gasteiger partial charge on any atom is 0.262 e. The minimum absolute atomic E-state index is 0.0898. The van der Waals surface area contributed by atoms with Crippen LogP contribution in [-0.4, -0.2) is 51.9 Å². The fraction of sp³-hybridized carbons (Fsp3) is 0.400. The average Bonchev–Trinajstić information content (AvgIpc) is 2.85. The van der Waals surface area contributed by atoms with Crippen molar-refractivity contribution < 1.29 is 14.3 Å². The van der Waals surface area contributed by atoms with E-state index in [-0.39, 0.29) is 23.3 Å². The molecule has 1 aromatic heterocycles. The summed E-state index contributed by atoms with van der Waals surface area (Å²) >= 11 is 1.32. The lowest BCUT2D eigenvalue weighted by Crippen LogP contribution is -2.39. The monoisotopic (exact) mass is 465 g/mol. The van der Waals surface area contributed by atoms with Crippen LogP contribution < -0.4 is 15.0 Å². The lowest BCUT2D eigenvalue weighted by Gasteiger charge is -2.30. The maximum atomic E-state index is 13.4. The van der Waals surface area contributed by atoms with Crippen LogP contribution in [0.4, 0.5) is 0 Å². The summed E-state index contributed by atoms with van der Waals surface area (Å²) in [5.41, 5.74) is 0.497. The Kier molecular flexibility index (Phi) is 6.26. The first-order valence-corrected chi connectivity index (χ1v) is 12.4. The van der Waals surface area contributed by atoms with E-state index < -0.39 is 0 Å². The van der Waals surface area contributed by atoms with Crippen LogP contribution in [0.3, 0.4) is 0 Å². The summed E-state index contributed by atoms with van der Waals surface area (Å²) in [5, 5.41) is 1.08. The van der Waals surface area contributed by atoms with Crippen LogP contribution >= 0.6 is 11.8 Å². The SMILES string of the molecule is CC1CCN(C(=O)CSc2nc3ccccc3c(=O)n2CC2COc3ccccc3O2)CC1. The summed E-state index contributed by atoms with van der Waals surface area (Å²) in [5.74, 6) is 2.38. The third kappa shape index (κ3) is 4.71. The Balaban J connectivity index is 1.38. The van der Waals surface area contributed by atoms with Gasteiger partial charge in [-0.05, 0) is 43.0 Å². The molecule has 172 valence electrons. The van der Waals surface area contributed by atoms with Gasteiger partial charge in [0.05, 0.1) is 23.2 Å². The second-order valence-electron chi connectivity index (χ2n) is 8.68. The molecule has 1 fully saturated rings. The Hall–Kier alpha value is -3.00. The molecule has 0 spiro atoms. The molecule has 7 nitrogen and oxygen atoms in total. The number of thioether (sulfide) groups is 1. The van der Waals surface area contributed by atoms with Crippen molar-refractivity contribution in [2.45, 2.75) is 37.6 Å². The number of likely N-dealkylation sites (tertiary alicyclic amines) is 1. The Morgan fingerprint density at radius 2 is 1.82 bits per heavy atom. The molecule has 0 N–H and O–H groups in total. The zero-order valence-corrected chi connectivity index (χ0v) is 19.4. The number of ether oxygens (including phenoxy) is 2. The van der Waals surface area contributed by atoms with E-state index in [1.54, 1.807) is 10.6 Å². The summed E-state index contributed by atoms with van der Waals surface area (Å²) in [6.07, 6.45) is 1.74. The van der Waals surface area contributed by atoms with Crippen LogP contribution in [0.5, 0.6) is 11.5 Å². The van der Waals surface area contributed by atoms with Crippen LogP contribution in [-0.2, 0) is 11.3 Å². The molecule has 0 aliphatic carbocycles. The van der Waals surface area contributed by atoms with E-state index in [2.05, 4.69) is 6.92 Å². The Morgan fingerprint density at radius 1 is 1.09 bits per heavy atom. The highest BCUT2D eigenvalue weighted by molar-refractivity contribution is 7.99. The first kappa shape index (κ1) is 21.8. The smallest absolute Gasteiger partial charge is 0.262 e. The van der Waals surface area contributed by atoms with E-state index in [1.165, 1.54) is 11.8 Å². The molecular weight excluding hydrogens is 438 g/mol. The average molecular weight is 466 g/mol. The molecule has 2 aliphatic heterocycles. The van der Waals surface area contributed by atoms with Gasteiger partial charge in [0, 0.05) is 13.1 Å². The maximum absolute atomic E-state index is 13.4. The van der Waals surface area contributed by atoms with Crippen LogP contribution in [0.1, 0.15) is 19.8 Å². The molecule has 1 unspecified atom stereocenters. The zero-order chi connectivity index (χ0) is 22.8. The number of para-hydroxylation sites is 3. The number of carbonyl (C=O) groups excluding carboxylic acids is 1. The zero-order valence-electron chi connectivity index (χ0n) is 18.6. The topological polar surface area (TPSA) is 73.7 Å². The normalized spacial score (nSPS) is 18.5. The highest BCUT2D eigenvalue weighted by atomic mass is 32.2. The molecule has 2 aliphatic rings. The Bertz CT molecular complexity index is 1220.